The van der Waals surface area contributed by atoms with E-state index in [4.69, 9.17) is 9.47 Å². The summed E-state index contributed by atoms with van der Waals surface area (Å²) in [4.78, 5) is 12.5. The van der Waals surface area contributed by atoms with Gasteiger partial charge in [-0.3, -0.25) is 4.79 Å². The highest BCUT2D eigenvalue weighted by Gasteiger charge is 2.61. The lowest BCUT2D eigenvalue weighted by molar-refractivity contribution is -0.147. The van der Waals surface area contributed by atoms with Gasteiger partial charge < -0.3 is 9.47 Å². The van der Waals surface area contributed by atoms with E-state index >= 15 is 0 Å². The van der Waals surface area contributed by atoms with E-state index in [1.807, 2.05) is 40.7 Å². The molecule has 0 aromatic heterocycles. The molecule has 2 atom stereocenters. The molecule has 0 N–H and O–H groups in total. The molecule has 0 heterocycles. The van der Waals surface area contributed by atoms with Crippen molar-refractivity contribution in [3.05, 3.63) is 45.8 Å². The number of allylic oxidation sites excluding steroid dienone is 2. The van der Waals surface area contributed by atoms with Crippen molar-refractivity contribution in [3.63, 3.8) is 0 Å². The largest absolute Gasteiger partial charge is 0.460 e. The quantitative estimate of drug-likeness (QED) is 0.330. The smallest absolute Gasteiger partial charge is 0.310 e. The Morgan fingerprint density at radius 2 is 1.64 bits per heavy atom. The molecule has 2 rings (SSSR count). The van der Waals surface area contributed by atoms with Crippen molar-refractivity contribution in [2.45, 2.75) is 60.7 Å². The summed E-state index contributed by atoms with van der Waals surface area (Å²) in [5.74, 6) is -4.08. The van der Waals surface area contributed by atoms with Crippen LogP contribution in [-0.2, 0) is 33.9 Å². The van der Waals surface area contributed by atoms with Crippen molar-refractivity contribution in [1.82, 2.24) is 0 Å². The van der Waals surface area contributed by atoms with Gasteiger partial charge in [0.25, 0.3) is 0 Å². The molecule has 0 radical (unpaired) electrons. The minimum absolute atomic E-state index is 0.0390. The molecular formula is C22H29F3O3. The first-order valence-electron chi connectivity index (χ1n) is 9.55. The third-order valence-corrected chi connectivity index (χ3v) is 5.44. The van der Waals surface area contributed by atoms with Gasteiger partial charge in [0.2, 0.25) is 0 Å². The SMILES string of the molecule is CCCc1c(F)c(COC)c(F)c(F)c1COC(=O)[C@@H]1[C@@H](C=C(C)C)C1(C)C. The van der Waals surface area contributed by atoms with Crippen molar-refractivity contribution in [2.75, 3.05) is 7.11 Å². The Balaban J connectivity index is 2.27. The molecule has 1 aromatic carbocycles. The van der Waals surface area contributed by atoms with Crippen molar-refractivity contribution in [2.24, 2.45) is 17.3 Å². The molecule has 1 aromatic rings. The minimum atomic E-state index is -1.29. The number of hydrogen-bond donors (Lipinski definition) is 0. The molecule has 1 fully saturated rings. The summed E-state index contributed by atoms with van der Waals surface area (Å²) in [5.41, 5.74) is 0.213. The molecule has 1 aliphatic carbocycles. The second-order valence-electron chi connectivity index (χ2n) is 8.24. The second kappa shape index (κ2) is 8.68. The molecule has 0 spiro atoms. The summed E-state index contributed by atoms with van der Waals surface area (Å²) in [6, 6.07) is 0. The molecule has 0 aliphatic heterocycles. The highest BCUT2D eigenvalue weighted by Crippen LogP contribution is 2.59. The van der Waals surface area contributed by atoms with Crippen molar-refractivity contribution < 1.29 is 27.4 Å². The standard InChI is InChI=1S/C22H29F3O3/c1-7-8-13-14(19(24)20(25)15(10-27-6)18(13)23)11-28-21(26)17-16(9-12(2)3)22(17,4)5/h9,16-17H,7-8,10-11H2,1-6H3/t16-,17+/m1/s1. The Hall–Kier alpha value is -1.82. The summed E-state index contributed by atoms with van der Waals surface area (Å²) in [6.07, 6.45) is 2.77. The summed E-state index contributed by atoms with van der Waals surface area (Å²) in [5, 5.41) is 0. The van der Waals surface area contributed by atoms with Gasteiger partial charge >= 0.3 is 5.97 Å². The van der Waals surface area contributed by atoms with E-state index in [-0.39, 0.29) is 41.4 Å². The minimum Gasteiger partial charge on any atom is -0.460 e. The van der Waals surface area contributed by atoms with Crippen LogP contribution in [0, 0.1) is 34.7 Å². The van der Waals surface area contributed by atoms with Gasteiger partial charge in [0.15, 0.2) is 11.6 Å². The topological polar surface area (TPSA) is 35.5 Å². The molecule has 0 saturated heterocycles. The number of carbonyl (C=O) groups excluding carboxylic acids is 1. The maximum atomic E-state index is 14.7. The van der Waals surface area contributed by atoms with Crippen molar-refractivity contribution in [1.29, 1.82) is 0 Å². The molecule has 0 unspecified atom stereocenters. The zero-order valence-electron chi connectivity index (χ0n) is 17.4. The number of hydrogen-bond acceptors (Lipinski definition) is 3. The van der Waals surface area contributed by atoms with Gasteiger partial charge in [0.1, 0.15) is 12.4 Å². The zero-order valence-corrected chi connectivity index (χ0v) is 17.4. The summed E-state index contributed by atoms with van der Waals surface area (Å²) in [7, 11) is 1.28. The number of esters is 1. The van der Waals surface area contributed by atoms with Gasteiger partial charge in [-0.05, 0) is 37.2 Å². The Labute approximate surface area is 164 Å². The molecular weight excluding hydrogens is 369 g/mol. The first-order valence-corrected chi connectivity index (χ1v) is 9.55. The van der Waals surface area contributed by atoms with Crippen LogP contribution in [0.1, 0.15) is 57.7 Å². The average molecular weight is 398 g/mol. The predicted octanol–water partition coefficient (Wildman–Crippen LogP) is 5.48. The molecule has 0 bridgehead atoms. The van der Waals surface area contributed by atoms with Crippen LogP contribution in [0.4, 0.5) is 13.2 Å². The molecule has 156 valence electrons. The number of carbonyl (C=O) groups is 1. The van der Waals surface area contributed by atoms with Crippen LogP contribution in [0.2, 0.25) is 0 Å². The maximum Gasteiger partial charge on any atom is 0.310 e. The molecule has 0 amide bonds. The van der Waals surface area contributed by atoms with Gasteiger partial charge in [0, 0.05) is 12.7 Å². The number of methoxy groups -OCH3 is 1. The van der Waals surface area contributed by atoms with Crippen molar-refractivity contribution in [3.8, 4) is 0 Å². The normalized spacial score (nSPS) is 20.0. The summed E-state index contributed by atoms with van der Waals surface area (Å²) in [6.45, 7) is 8.78. The lowest BCUT2D eigenvalue weighted by atomic mass is 9.98. The highest BCUT2D eigenvalue weighted by atomic mass is 19.2. The van der Waals surface area contributed by atoms with E-state index in [1.165, 1.54) is 7.11 Å². The number of ether oxygens (including phenoxy) is 2. The third-order valence-electron chi connectivity index (χ3n) is 5.44. The zero-order chi connectivity index (χ0) is 21.2. The number of rotatable bonds is 8. The van der Waals surface area contributed by atoms with Crippen LogP contribution in [0.15, 0.2) is 11.6 Å². The van der Waals surface area contributed by atoms with Gasteiger partial charge in [-0.2, -0.15) is 0 Å². The first kappa shape index (κ1) is 22.5. The maximum absolute atomic E-state index is 14.7. The van der Waals surface area contributed by atoms with Gasteiger partial charge in [0.05, 0.1) is 18.1 Å². The fourth-order valence-corrected chi connectivity index (χ4v) is 3.77. The van der Waals surface area contributed by atoms with E-state index in [2.05, 4.69) is 0 Å². The Morgan fingerprint density at radius 3 is 2.18 bits per heavy atom. The number of halogens is 3. The van der Waals surface area contributed by atoms with Gasteiger partial charge in [-0.15, -0.1) is 0 Å². The van der Waals surface area contributed by atoms with E-state index in [9.17, 15) is 18.0 Å². The summed E-state index contributed by atoms with van der Waals surface area (Å²) >= 11 is 0. The van der Waals surface area contributed by atoms with E-state index in [0.717, 1.165) is 5.57 Å². The monoisotopic (exact) mass is 398 g/mol. The average Bonchev–Trinajstić information content (AvgIpc) is 3.15. The Morgan fingerprint density at radius 1 is 1.04 bits per heavy atom. The lowest BCUT2D eigenvalue weighted by Gasteiger charge is -2.16. The molecule has 6 heteroatoms. The van der Waals surface area contributed by atoms with E-state index in [1.54, 1.807) is 0 Å². The highest BCUT2D eigenvalue weighted by molar-refractivity contribution is 5.78. The van der Waals surface area contributed by atoms with E-state index in [0.29, 0.717) is 6.42 Å². The summed E-state index contributed by atoms with van der Waals surface area (Å²) < 4.78 is 53.8. The second-order valence-corrected chi connectivity index (χ2v) is 8.24. The van der Waals surface area contributed by atoms with Crippen LogP contribution in [0.3, 0.4) is 0 Å². The van der Waals surface area contributed by atoms with Gasteiger partial charge in [-0.1, -0.05) is 38.8 Å². The molecule has 1 saturated carbocycles. The fourth-order valence-electron chi connectivity index (χ4n) is 3.77. The van der Waals surface area contributed by atoms with Gasteiger partial charge in [-0.25, -0.2) is 13.2 Å². The Bertz CT molecular complexity index is 780. The molecule has 1 aliphatic rings. The first-order chi connectivity index (χ1) is 13.1. The van der Waals surface area contributed by atoms with Crippen LogP contribution in [-0.4, -0.2) is 13.1 Å². The van der Waals surface area contributed by atoms with Crippen LogP contribution in [0.25, 0.3) is 0 Å². The van der Waals surface area contributed by atoms with Crippen LogP contribution >= 0.6 is 0 Å². The fraction of sp³-hybridized carbons (Fsp3) is 0.591. The van der Waals surface area contributed by atoms with Crippen molar-refractivity contribution >= 4 is 5.97 Å². The number of benzene rings is 1. The lowest BCUT2D eigenvalue weighted by Crippen LogP contribution is -2.15. The Kier molecular flexibility index (Phi) is 6.97. The van der Waals surface area contributed by atoms with Crippen LogP contribution < -0.4 is 0 Å². The van der Waals surface area contributed by atoms with E-state index < -0.39 is 35.6 Å². The molecule has 28 heavy (non-hydrogen) atoms. The predicted molar refractivity (Wildman–Crippen MR) is 101 cm³/mol. The molecule has 3 nitrogen and oxygen atoms in total. The third kappa shape index (κ3) is 4.27. The van der Waals surface area contributed by atoms with Crippen LogP contribution in [0.5, 0.6) is 0 Å².